The van der Waals surface area contributed by atoms with Gasteiger partial charge in [-0.3, -0.25) is 4.79 Å². The fourth-order valence-electron chi connectivity index (χ4n) is 2.01. The van der Waals surface area contributed by atoms with Crippen LogP contribution in [0.5, 0.6) is 0 Å². The van der Waals surface area contributed by atoms with Crippen molar-refractivity contribution >= 4 is 20.1 Å². The number of esters is 1. The molecule has 2 fully saturated rings. The molecule has 2 aliphatic heterocycles. The standard InChI is InChI=1S/C11H21B2NO5/c1-11(2,3)19-10(15)9(5-6-16-4)14(12-7-17-12)13-8-18-13/h9H,5-8H2,1-4H3. The van der Waals surface area contributed by atoms with Gasteiger partial charge in [-0.1, -0.05) is 0 Å². The minimum atomic E-state index is -0.497. The second-order valence-corrected chi connectivity index (χ2v) is 5.85. The van der Waals surface area contributed by atoms with E-state index in [1.54, 1.807) is 7.11 Å². The number of hydrogen-bond acceptors (Lipinski definition) is 6. The molecule has 2 heterocycles. The van der Waals surface area contributed by atoms with E-state index in [9.17, 15) is 4.79 Å². The summed E-state index contributed by atoms with van der Waals surface area (Å²) in [6.07, 6.45) is 0.575. The third kappa shape index (κ3) is 4.49. The Labute approximate surface area is 115 Å². The van der Waals surface area contributed by atoms with E-state index in [4.69, 9.17) is 18.8 Å². The highest BCUT2D eigenvalue weighted by molar-refractivity contribution is 6.74. The topological polar surface area (TPSA) is 63.8 Å². The van der Waals surface area contributed by atoms with E-state index in [0.29, 0.717) is 26.0 Å². The Morgan fingerprint density at radius 3 is 2.21 bits per heavy atom. The summed E-state index contributed by atoms with van der Waals surface area (Å²) in [5, 5.41) is 0. The molecule has 2 rings (SSSR count). The van der Waals surface area contributed by atoms with Gasteiger partial charge < -0.3 is 23.5 Å². The number of carbonyl (C=O) groups excluding carboxylic acids is 1. The number of ether oxygens (including phenoxy) is 2. The lowest BCUT2D eigenvalue weighted by molar-refractivity contribution is -0.159. The van der Waals surface area contributed by atoms with Crippen molar-refractivity contribution in [1.82, 2.24) is 4.72 Å². The first-order valence-electron chi connectivity index (χ1n) is 6.65. The van der Waals surface area contributed by atoms with Crippen molar-refractivity contribution < 1.29 is 23.6 Å². The highest BCUT2D eigenvalue weighted by Crippen LogP contribution is 2.25. The van der Waals surface area contributed by atoms with Crippen LogP contribution in [0.3, 0.4) is 0 Å². The van der Waals surface area contributed by atoms with Crippen LogP contribution in [-0.2, 0) is 23.6 Å². The Morgan fingerprint density at radius 2 is 1.84 bits per heavy atom. The molecule has 0 spiro atoms. The Bertz CT molecular complexity index is 316. The Balaban J connectivity index is 2.02. The molecule has 8 heteroatoms. The van der Waals surface area contributed by atoms with Gasteiger partial charge in [0.15, 0.2) is 0 Å². The fourth-order valence-corrected chi connectivity index (χ4v) is 2.01. The number of methoxy groups -OCH3 is 1. The SMILES string of the molecule is COCCC(C(=O)OC(C)(C)C)N(B1CO1)B1CO1. The van der Waals surface area contributed by atoms with Gasteiger partial charge in [0.05, 0.1) is 19.1 Å². The van der Waals surface area contributed by atoms with Crippen LogP contribution in [0.15, 0.2) is 0 Å². The van der Waals surface area contributed by atoms with E-state index in [2.05, 4.69) is 0 Å². The van der Waals surface area contributed by atoms with Crippen molar-refractivity contribution in [2.45, 2.75) is 38.8 Å². The number of nitrogens with zero attached hydrogens (tertiary/aromatic N) is 1. The van der Waals surface area contributed by atoms with Crippen molar-refractivity contribution in [2.24, 2.45) is 0 Å². The molecular weight excluding hydrogens is 248 g/mol. The maximum Gasteiger partial charge on any atom is 0.398 e. The largest absolute Gasteiger partial charge is 0.459 e. The second-order valence-electron chi connectivity index (χ2n) is 5.85. The molecule has 0 radical (unpaired) electrons. The molecule has 1 unspecified atom stereocenters. The van der Waals surface area contributed by atoms with E-state index >= 15 is 0 Å². The van der Waals surface area contributed by atoms with Crippen LogP contribution < -0.4 is 0 Å². The smallest absolute Gasteiger partial charge is 0.398 e. The van der Waals surface area contributed by atoms with Crippen LogP contribution in [0.2, 0.25) is 0 Å². The highest BCUT2D eigenvalue weighted by atomic mass is 16.6. The van der Waals surface area contributed by atoms with Gasteiger partial charge in [0, 0.05) is 13.7 Å². The summed E-state index contributed by atoms with van der Waals surface area (Å²) in [6.45, 7) is 7.38. The number of rotatable bonds is 7. The summed E-state index contributed by atoms with van der Waals surface area (Å²) in [4.78, 5) is 12.3. The summed E-state index contributed by atoms with van der Waals surface area (Å²) in [6, 6.07) is -0.376. The monoisotopic (exact) mass is 269 g/mol. The van der Waals surface area contributed by atoms with Crippen LogP contribution in [0, 0.1) is 0 Å². The minimum Gasteiger partial charge on any atom is -0.459 e. The average Bonchev–Trinajstić information content (AvgIpc) is 3.12. The lowest BCUT2D eigenvalue weighted by Gasteiger charge is -2.29. The van der Waals surface area contributed by atoms with Gasteiger partial charge in [-0.2, -0.15) is 0 Å². The average molecular weight is 269 g/mol. The van der Waals surface area contributed by atoms with Crippen molar-refractivity contribution in [3.63, 3.8) is 0 Å². The minimum absolute atomic E-state index is 0.0260. The van der Waals surface area contributed by atoms with E-state index < -0.39 is 5.60 Å². The Morgan fingerprint density at radius 1 is 1.32 bits per heavy atom. The molecule has 0 amide bonds. The zero-order chi connectivity index (χ0) is 14.0. The Kier molecular flexibility index (Phi) is 4.55. The molecule has 6 nitrogen and oxygen atoms in total. The fraction of sp³-hybridized carbons (Fsp3) is 0.909. The summed E-state index contributed by atoms with van der Waals surface area (Å²) < 4.78 is 23.2. The van der Waals surface area contributed by atoms with Gasteiger partial charge in [-0.15, -0.1) is 0 Å². The van der Waals surface area contributed by atoms with Gasteiger partial charge in [0.25, 0.3) is 0 Å². The number of hydrogen-bond donors (Lipinski definition) is 0. The van der Waals surface area contributed by atoms with Crippen molar-refractivity contribution in [2.75, 3.05) is 26.7 Å². The third-order valence-corrected chi connectivity index (χ3v) is 2.93. The molecular formula is C11H21B2NO5. The first kappa shape index (κ1) is 14.8. The lowest BCUT2D eigenvalue weighted by atomic mass is 9.74. The highest BCUT2D eigenvalue weighted by Gasteiger charge is 2.54. The Hall–Kier alpha value is -0.560. The molecule has 0 bridgehead atoms. The molecule has 2 saturated heterocycles. The molecule has 0 aromatic heterocycles. The zero-order valence-electron chi connectivity index (χ0n) is 12.0. The quantitative estimate of drug-likeness (QED) is 0.372. The predicted octanol–water partition coefficient (Wildman–Crippen LogP) is 0.150. The summed E-state index contributed by atoms with van der Waals surface area (Å²) in [7, 11) is 1.57. The van der Waals surface area contributed by atoms with Crippen molar-refractivity contribution in [3.8, 4) is 0 Å². The normalized spacial score (nSPS) is 19.6. The summed E-state index contributed by atoms with van der Waals surface area (Å²) >= 11 is 0. The van der Waals surface area contributed by atoms with E-state index in [1.807, 2.05) is 25.5 Å². The van der Waals surface area contributed by atoms with Crippen LogP contribution >= 0.6 is 0 Å². The summed E-state index contributed by atoms with van der Waals surface area (Å²) in [5.41, 5.74) is -0.497. The molecule has 2 aliphatic rings. The second kappa shape index (κ2) is 5.83. The van der Waals surface area contributed by atoms with Crippen molar-refractivity contribution in [1.29, 1.82) is 0 Å². The molecule has 0 aromatic carbocycles. The summed E-state index contributed by atoms with van der Waals surface area (Å²) in [5.74, 6) is -0.240. The van der Waals surface area contributed by atoms with Crippen molar-refractivity contribution in [3.05, 3.63) is 0 Å². The molecule has 0 aliphatic carbocycles. The molecule has 19 heavy (non-hydrogen) atoms. The van der Waals surface area contributed by atoms with Gasteiger partial charge in [0.2, 0.25) is 0 Å². The van der Waals surface area contributed by atoms with Crippen LogP contribution in [0.25, 0.3) is 0 Å². The zero-order valence-corrected chi connectivity index (χ0v) is 12.0. The van der Waals surface area contributed by atoms with E-state index in [1.165, 1.54) is 0 Å². The van der Waals surface area contributed by atoms with Gasteiger partial charge >= 0.3 is 20.1 Å². The number of carbonyl (C=O) groups is 1. The first-order valence-corrected chi connectivity index (χ1v) is 6.65. The lowest BCUT2D eigenvalue weighted by Crippen LogP contribution is -2.51. The molecule has 0 saturated carbocycles. The van der Waals surface area contributed by atoms with E-state index in [0.717, 1.165) is 0 Å². The van der Waals surface area contributed by atoms with E-state index in [-0.39, 0.29) is 26.1 Å². The van der Waals surface area contributed by atoms with Gasteiger partial charge in [-0.25, -0.2) is 0 Å². The molecule has 0 N–H and O–H groups in total. The van der Waals surface area contributed by atoms with Crippen LogP contribution in [0.1, 0.15) is 27.2 Å². The molecule has 106 valence electrons. The predicted molar refractivity (Wildman–Crippen MR) is 71.4 cm³/mol. The first-order chi connectivity index (χ1) is 8.92. The maximum absolute atomic E-state index is 12.3. The van der Waals surface area contributed by atoms with Gasteiger partial charge in [0.1, 0.15) is 5.60 Å². The molecule has 0 aromatic rings. The maximum atomic E-state index is 12.3. The van der Waals surface area contributed by atoms with Crippen LogP contribution in [0.4, 0.5) is 0 Å². The molecule has 1 atom stereocenters. The van der Waals surface area contributed by atoms with Crippen LogP contribution in [-0.4, -0.2) is 63.2 Å². The third-order valence-electron chi connectivity index (χ3n) is 2.93. The van der Waals surface area contributed by atoms with Gasteiger partial charge in [-0.05, 0) is 27.2 Å².